The van der Waals surface area contributed by atoms with Crippen molar-refractivity contribution in [3.63, 3.8) is 0 Å². The highest BCUT2D eigenvalue weighted by atomic mass is 32.1. The highest BCUT2D eigenvalue weighted by Crippen LogP contribution is 2.30. The molecule has 0 aliphatic heterocycles. The SMILES string of the molecule is Cc1cn2c(/C=C/C(=O)Nn3cnc4scc(-c5ccccc5)c4c3=O)c(C)nc2s1. The van der Waals surface area contributed by atoms with Crippen molar-refractivity contribution in [3.8, 4) is 11.1 Å². The summed E-state index contributed by atoms with van der Waals surface area (Å²) in [5.74, 6) is -0.430. The maximum atomic E-state index is 13.1. The van der Waals surface area contributed by atoms with Gasteiger partial charge in [-0.3, -0.25) is 19.4 Å². The normalized spacial score (nSPS) is 11.7. The molecule has 1 amide bonds. The molecule has 4 heterocycles. The molecule has 7 nitrogen and oxygen atoms in total. The summed E-state index contributed by atoms with van der Waals surface area (Å²) in [6.07, 6.45) is 6.42. The summed E-state index contributed by atoms with van der Waals surface area (Å²) in [5.41, 5.74) is 5.69. The predicted molar refractivity (Wildman–Crippen MR) is 125 cm³/mol. The number of nitrogens with one attached hydrogen (secondary N) is 1. The van der Waals surface area contributed by atoms with Crippen molar-refractivity contribution in [1.29, 1.82) is 0 Å². The molecule has 0 spiro atoms. The number of thiophene rings is 1. The number of imidazole rings is 1. The van der Waals surface area contributed by atoms with E-state index >= 15 is 0 Å². The third kappa shape index (κ3) is 3.47. The second-order valence-electron chi connectivity index (χ2n) is 7.00. The number of nitrogens with zero attached hydrogens (tertiary/aromatic N) is 4. The van der Waals surface area contributed by atoms with Crippen molar-refractivity contribution >= 4 is 49.8 Å². The summed E-state index contributed by atoms with van der Waals surface area (Å²) < 4.78 is 3.08. The molecule has 9 heteroatoms. The summed E-state index contributed by atoms with van der Waals surface area (Å²) in [6, 6.07) is 9.66. The molecule has 0 aliphatic carbocycles. The van der Waals surface area contributed by atoms with E-state index in [2.05, 4.69) is 15.4 Å². The second kappa shape index (κ2) is 7.60. The van der Waals surface area contributed by atoms with Crippen molar-refractivity contribution in [2.45, 2.75) is 13.8 Å². The molecule has 4 aromatic heterocycles. The first-order chi connectivity index (χ1) is 15.0. The Morgan fingerprint density at radius 1 is 1.19 bits per heavy atom. The standard InChI is InChI=1S/C22H17N5O2S2/c1-13-10-26-17(14(2)24-22(26)31-13)8-9-18(28)25-27-12-23-20-19(21(27)29)16(11-30-20)15-6-4-3-5-7-15/h3-12H,1-2H3,(H,25,28)/b9-8+. The van der Waals surface area contributed by atoms with Crippen LogP contribution >= 0.6 is 22.7 Å². The van der Waals surface area contributed by atoms with Crippen molar-refractivity contribution in [3.05, 3.63) is 80.9 Å². The number of aromatic nitrogens is 4. The molecule has 0 aliphatic rings. The zero-order chi connectivity index (χ0) is 21.5. The predicted octanol–water partition coefficient (Wildman–Crippen LogP) is 4.23. The molecule has 5 aromatic rings. The number of carbonyl (C=O) groups excluding carboxylic acids is 1. The van der Waals surface area contributed by atoms with Gasteiger partial charge in [0.1, 0.15) is 11.2 Å². The first-order valence-corrected chi connectivity index (χ1v) is 11.2. The zero-order valence-corrected chi connectivity index (χ0v) is 18.3. The largest absolute Gasteiger partial charge is 0.290 e. The van der Waals surface area contributed by atoms with Gasteiger partial charge in [-0.1, -0.05) is 30.3 Å². The minimum Gasteiger partial charge on any atom is -0.290 e. The van der Waals surface area contributed by atoms with Gasteiger partial charge >= 0.3 is 0 Å². The van der Waals surface area contributed by atoms with Crippen LogP contribution in [0.25, 0.3) is 32.4 Å². The van der Waals surface area contributed by atoms with E-state index in [1.54, 1.807) is 17.4 Å². The molecule has 0 fully saturated rings. The smallest absolute Gasteiger partial charge is 0.281 e. The monoisotopic (exact) mass is 447 g/mol. The van der Waals surface area contributed by atoms with Crippen LogP contribution in [-0.2, 0) is 4.79 Å². The van der Waals surface area contributed by atoms with Crippen LogP contribution in [0, 0.1) is 13.8 Å². The highest BCUT2D eigenvalue weighted by molar-refractivity contribution is 7.17. The fourth-order valence-electron chi connectivity index (χ4n) is 3.43. The van der Waals surface area contributed by atoms with Crippen LogP contribution in [0.5, 0.6) is 0 Å². The van der Waals surface area contributed by atoms with Crippen LogP contribution in [0.3, 0.4) is 0 Å². The average molecular weight is 448 g/mol. The highest BCUT2D eigenvalue weighted by Gasteiger charge is 2.14. The van der Waals surface area contributed by atoms with Gasteiger partial charge < -0.3 is 0 Å². The van der Waals surface area contributed by atoms with E-state index in [4.69, 9.17) is 0 Å². The van der Waals surface area contributed by atoms with Crippen LogP contribution in [0.1, 0.15) is 16.3 Å². The molecule has 0 saturated heterocycles. The van der Waals surface area contributed by atoms with E-state index in [1.165, 1.54) is 23.7 Å². The number of rotatable bonds is 4. The molecule has 1 N–H and O–H groups in total. The Labute approximate surface area is 184 Å². The number of carbonyl (C=O) groups is 1. The van der Waals surface area contributed by atoms with Crippen LogP contribution in [0.2, 0.25) is 0 Å². The number of amides is 1. The number of hydrogen-bond donors (Lipinski definition) is 1. The minimum atomic E-state index is -0.430. The Morgan fingerprint density at radius 2 is 2.00 bits per heavy atom. The third-order valence-corrected chi connectivity index (χ3v) is 6.65. The molecular weight excluding hydrogens is 430 g/mol. The van der Waals surface area contributed by atoms with Gasteiger partial charge in [-0.2, -0.15) is 0 Å². The lowest BCUT2D eigenvalue weighted by molar-refractivity contribution is -0.112. The van der Waals surface area contributed by atoms with E-state index in [1.807, 2.05) is 60.2 Å². The van der Waals surface area contributed by atoms with Crippen molar-refractivity contribution in [2.75, 3.05) is 5.43 Å². The summed E-state index contributed by atoms with van der Waals surface area (Å²) in [6.45, 7) is 3.91. The van der Waals surface area contributed by atoms with Gasteiger partial charge in [-0.15, -0.1) is 22.7 Å². The van der Waals surface area contributed by atoms with Gasteiger partial charge in [0.05, 0.1) is 16.8 Å². The summed E-state index contributed by atoms with van der Waals surface area (Å²) in [4.78, 5) is 37.1. The van der Waals surface area contributed by atoms with Gasteiger partial charge in [-0.05, 0) is 25.5 Å². The molecule has 5 rings (SSSR count). The van der Waals surface area contributed by atoms with E-state index < -0.39 is 5.91 Å². The van der Waals surface area contributed by atoms with Gasteiger partial charge in [0.25, 0.3) is 11.5 Å². The third-order valence-electron chi connectivity index (χ3n) is 4.87. The van der Waals surface area contributed by atoms with Gasteiger partial charge in [-0.25, -0.2) is 14.6 Å². The average Bonchev–Trinajstić information content (AvgIpc) is 3.42. The van der Waals surface area contributed by atoms with Gasteiger partial charge in [0.15, 0.2) is 4.96 Å². The van der Waals surface area contributed by atoms with Crippen LogP contribution in [0.15, 0.2) is 59.1 Å². The topological polar surface area (TPSA) is 81.3 Å². The maximum absolute atomic E-state index is 13.1. The zero-order valence-electron chi connectivity index (χ0n) is 16.7. The Bertz CT molecular complexity index is 1520. The Kier molecular flexibility index (Phi) is 4.76. The Balaban J connectivity index is 1.45. The first kappa shape index (κ1) is 19.4. The number of thiazole rings is 1. The van der Waals surface area contributed by atoms with Gasteiger partial charge in [0, 0.05) is 28.1 Å². The molecule has 0 atom stereocenters. The molecule has 31 heavy (non-hydrogen) atoms. The molecule has 154 valence electrons. The first-order valence-electron chi connectivity index (χ1n) is 9.49. The quantitative estimate of drug-likeness (QED) is 0.418. The van der Waals surface area contributed by atoms with Crippen molar-refractivity contribution < 1.29 is 4.79 Å². The van der Waals surface area contributed by atoms with Crippen molar-refractivity contribution in [2.24, 2.45) is 0 Å². The fourth-order valence-corrected chi connectivity index (χ4v) is 5.22. The summed E-state index contributed by atoms with van der Waals surface area (Å²) in [7, 11) is 0. The number of fused-ring (bicyclic) bond motifs is 2. The lowest BCUT2D eigenvalue weighted by Crippen LogP contribution is -2.32. The number of benzene rings is 1. The van der Waals surface area contributed by atoms with Crippen LogP contribution < -0.4 is 11.0 Å². The lowest BCUT2D eigenvalue weighted by Gasteiger charge is -2.06. The second-order valence-corrected chi connectivity index (χ2v) is 9.07. The van der Waals surface area contributed by atoms with Crippen molar-refractivity contribution in [1.82, 2.24) is 19.0 Å². The van der Waals surface area contributed by atoms with E-state index in [-0.39, 0.29) is 5.56 Å². The Hall–Kier alpha value is -3.56. The lowest BCUT2D eigenvalue weighted by atomic mass is 10.1. The fraction of sp³-hybridized carbons (Fsp3) is 0.0909. The number of hydrogen-bond acceptors (Lipinski definition) is 6. The maximum Gasteiger partial charge on any atom is 0.281 e. The van der Waals surface area contributed by atoms with Crippen LogP contribution in [-0.4, -0.2) is 25.0 Å². The van der Waals surface area contributed by atoms with Crippen LogP contribution in [0.4, 0.5) is 0 Å². The van der Waals surface area contributed by atoms with Gasteiger partial charge in [0.2, 0.25) is 0 Å². The summed E-state index contributed by atoms with van der Waals surface area (Å²) >= 11 is 3.00. The Morgan fingerprint density at radius 3 is 2.81 bits per heavy atom. The number of aryl methyl sites for hydroxylation is 2. The van der Waals surface area contributed by atoms with E-state index in [0.29, 0.717) is 10.2 Å². The molecule has 0 saturated carbocycles. The van der Waals surface area contributed by atoms with E-state index in [9.17, 15) is 9.59 Å². The molecule has 1 aromatic carbocycles. The van der Waals surface area contributed by atoms with E-state index in [0.717, 1.165) is 37.0 Å². The minimum absolute atomic E-state index is 0.316. The molecular formula is C22H17N5O2S2. The summed E-state index contributed by atoms with van der Waals surface area (Å²) in [5, 5.41) is 2.40. The molecule has 0 radical (unpaired) electrons. The molecule has 0 unspecified atom stereocenters. The molecule has 0 bridgehead atoms.